The molecule has 1 heterocycles. The smallest absolute Gasteiger partial charge is 0.130 e. The van der Waals surface area contributed by atoms with Crippen molar-refractivity contribution in [3.63, 3.8) is 0 Å². The summed E-state index contributed by atoms with van der Waals surface area (Å²) in [4.78, 5) is 3.06. The van der Waals surface area contributed by atoms with Crippen LogP contribution in [0, 0.1) is 6.92 Å². The predicted molar refractivity (Wildman–Crippen MR) is 105 cm³/mol. The fourth-order valence-corrected chi connectivity index (χ4v) is 3.45. The van der Waals surface area contributed by atoms with Crippen molar-refractivity contribution >= 4 is 17.2 Å². The third-order valence-corrected chi connectivity index (χ3v) is 4.82. The second kappa shape index (κ2) is 7.98. The Morgan fingerprint density at radius 3 is 2.40 bits per heavy atom. The van der Waals surface area contributed by atoms with Crippen molar-refractivity contribution in [1.29, 1.82) is 0 Å². The van der Waals surface area contributed by atoms with Gasteiger partial charge in [0.15, 0.2) is 0 Å². The van der Waals surface area contributed by atoms with Gasteiger partial charge in [0.1, 0.15) is 17.3 Å². The van der Waals surface area contributed by atoms with Crippen molar-refractivity contribution < 1.29 is 9.47 Å². The third kappa shape index (κ3) is 4.59. The van der Waals surface area contributed by atoms with Crippen LogP contribution >= 0.6 is 12.2 Å². The molecule has 25 heavy (non-hydrogen) atoms. The fourth-order valence-electron chi connectivity index (χ4n) is 3.13. The number of hydrogen-bond acceptors (Lipinski definition) is 3. The Labute approximate surface area is 155 Å². The second-order valence-corrected chi connectivity index (χ2v) is 7.12. The highest BCUT2D eigenvalue weighted by atomic mass is 32.1. The van der Waals surface area contributed by atoms with Crippen LogP contribution in [0.15, 0.2) is 48.5 Å². The molecule has 0 bridgehead atoms. The number of morpholine rings is 1. The summed E-state index contributed by atoms with van der Waals surface area (Å²) in [6, 6.07) is 16.4. The quantitative estimate of drug-likeness (QED) is 0.760. The summed E-state index contributed by atoms with van der Waals surface area (Å²) in [5, 5.41) is 0. The topological polar surface area (TPSA) is 21.7 Å². The summed E-state index contributed by atoms with van der Waals surface area (Å²) in [5.74, 6) is 0.833. The molecule has 0 saturated carbocycles. The molecule has 2 aromatic rings. The SMILES string of the molecule is Cc1ccc(COc2ccccc2C(=S)N2C[C@H](C)O[C@@H](C)C2)cc1. The van der Waals surface area contributed by atoms with Crippen molar-refractivity contribution in [2.75, 3.05) is 13.1 Å². The third-order valence-electron chi connectivity index (χ3n) is 4.34. The number of nitrogens with zero attached hydrogens (tertiary/aromatic N) is 1. The molecule has 1 aliphatic rings. The van der Waals surface area contributed by atoms with Gasteiger partial charge in [-0.15, -0.1) is 0 Å². The van der Waals surface area contributed by atoms with E-state index in [9.17, 15) is 0 Å². The zero-order valence-electron chi connectivity index (χ0n) is 15.1. The van der Waals surface area contributed by atoms with E-state index in [0.29, 0.717) is 6.61 Å². The first-order valence-corrected chi connectivity index (χ1v) is 9.16. The monoisotopic (exact) mass is 355 g/mol. The molecule has 1 fully saturated rings. The zero-order chi connectivity index (χ0) is 17.8. The number of hydrogen-bond donors (Lipinski definition) is 0. The Kier molecular flexibility index (Phi) is 5.71. The Bertz CT molecular complexity index is 719. The summed E-state index contributed by atoms with van der Waals surface area (Å²) in [5.41, 5.74) is 3.38. The molecule has 1 saturated heterocycles. The lowest BCUT2D eigenvalue weighted by molar-refractivity contribution is -0.0472. The number of rotatable bonds is 4. The molecule has 132 valence electrons. The molecule has 3 rings (SSSR count). The van der Waals surface area contributed by atoms with E-state index in [1.165, 1.54) is 5.56 Å². The highest BCUT2D eigenvalue weighted by Gasteiger charge is 2.25. The number of ether oxygens (including phenoxy) is 2. The molecule has 0 N–H and O–H groups in total. The maximum absolute atomic E-state index is 6.08. The van der Waals surface area contributed by atoms with Crippen LogP contribution in [0.1, 0.15) is 30.5 Å². The number of para-hydroxylation sites is 1. The average molecular weight is 356 g/mol. The molecule has 3 nitrogen and oxygen atoms in total. The fraction of sp³-hybridized carbons (Fsp3) is 0.381. The normalized spacial score (nSPS) is 20.4. The van der Waals surface area contributed by atoms with Gasteiger partial charge < -0.3 is 14.4 Å². The molecule has 0 unspecified atom stereocenters. The highest BCUT2D eigenvalue weighted by Crippen LogP contribution is 2.24. The van der Waals surface area contributed by atoms with Gasteiger partial charge in [0.2, 0.25) is 0 Å². The van der Waals surface area contributed by atoms with Crippen molar-refractivity contribution in [2.45, 2.75) is 39.6 Å². The summed E-state index contributed by atoms with van der Waals surface area (Å²) in [6.07, 6.45) is 0.365. The van der Waals surface area contributed by atoms with Crippen LogP contribution in [-0.4, -0.2) is 35.2 Å². The van der Waals surface area contributed by atoms with Crippen molar-refractivity contribution in [2.24, 2.45) is 0 Å². The molecule has 0 amide bonds. The lowest BCUT2D eigenvalue weighted by Crippen LogP contribution is -2.47. The molecule has 0 radical (unpaired) electrons. The molecule has 0 spiro atoms. The molecule has 0 aliphatic carbocycles. The van der Waals surface area contributed by atoms with Crippen LogP contribution in [0.3, 0.4) is 0 Å². The van der Waals surface area contributed by atoms with E-state index in [4.69, 9.17) is 21.7 Å². The Hall–Kier alpha value is -1.91. The minimum absolute atomic E-state index is 0.183. The van der Waals surface area contributed by atoms with Crippen LogP contribution in [-0.2, 0) is 11.3 Å². The van der Waals surface area contributed by atoms with Gasteiger partial charge in [-0.25, -0.2) is 0 Å². The van der Waals surface area contributed by atoms with Crippen LogP contribution < -0.4 is 4.74 Å². The predicted octanol–water partition coefficient (Wildman–Crippen LogP) is 4.36. The molecule has 4 heteroatoms. The summed E-state index contributed by atoms with van der Waals surface area (Å²) in [6.45, 7) is 8.43. The Balaban J connectivity index is 1.73. The largest absolute Gasteiger partial charge is 0.488 e. The summed E-state index contributed by atoms with van der Waals surface area (Å²) >= 11 is 5.77. The van der Waals surface area contributed by atoms with E-state index >= 15 is 0 Å². The summed E-state index contributed by atoms with van der Waals surface area (Å²) in [7, 11) is 0. The first kappa shape index (κ1) is 17.9. The van der Waals surface area contributed by atoms with E-state index in [1.54, 1.807) is 0 Å². The molecule has 0 aromatic heterocycles. The van der Waals surface area contributed by atoms with Crippen molar-refractivity contribution in [3.8, 4) is 5.75 Å². The molecular formula is C21H25NO2S. The highest BCUT2D eigenvalue weighted by molar-refractivity contribution is 7.80. The van der Waals surface area contributed by atoms with Gasteiger partial charge in [0, 0.05) is 13.1 Å². The van der Waals surface area contributed by atoms with Gasteiger partial charge in [0.05, 0.1) is 17.8 Å². The zero-order valence-corrected chi connectivity index (χ0v) is 15.9. The molecule has 2 atom stereocenters. The van der Waals surface area contributed by atoms with Crippen LogP contribution in [0.4, 0.5) is 0 Å². The van der Waals surface area contributed by atoms with Crippen molar-refractivity contribution in [1.82, 2.24) is 4.90 Å². The number of thiocarbonyl (C=S) groups is 1. The van der Waals surface area contributed by atoms with Crippen LogP contribution in [0.5, 0.6) is 5.75 Å². The van der Waals surface area contributed by atoms with Gasteiger partial charge in [-0.05, 0) is 38.5 Å². The first-order valence-electron chi connectivity index (χ1n) is 8.75. The van der Waals surface area contributed by atoms with E-state index in [1.807, 2.05) is 24.3 Å². The average Bonchev–Trinajstić information content (AvgIpc) is 2.60. The van der Waals surface area contributed by atoms with Crippen LogP contribution in [0.25, 0.3) is 0 Å². The van der Waals surface area contributed by atoms with Crippen molar-refractivity contribution in [3.05, 3.63) is 65.2 Å². The first-order chi connectivity index (χ1) is 12.0. The maximum Gasteiger partial charge on any atom is 0.130 e. The number of benzene rings is 2. The van der Waals surface area contributed by atoms with Gasteiger partial charge in [0.25, 0.3) is 0 Å². The molecular weight excluding hydrogens is 330 g/mol. The standard InChI is InChI=1S/C21H25NO2S/c1-15-8-10-18(11-9-15)14-23-20-7-5-4-6-19(20)21(25)22-12-16(2)24-17(3)13-22/h4-11,16-17H,12-14H2,1-3H3/t16-,17-/m0/s1. The lowest BCUT2D eigenvalue weighted by Gasteiger charge is -2.37. The number of aryl methyl sites for hydroxylation is 1. The van der Waals surface area contributed by atoms with Gasteiger partial charge >= 0.3 is 0 Å². The molecule has 1 aliphatic heterocycles. The van der Waals surface area contributed by atoms with Gasteiger partial charge in [-0.2, -0.15) is 0 Å². The maximum atomic E-state index is 6.08. The van der Waals surface area contributed by atoms with E-state index < -0.39 is 0 Å². The minimum Gasteiger partial charge on any atom is -0.488 e. The second-order valence-electron chi connectivity index (χ2n) is 6.74. The summed E-state index contributed by atoms with van der Waals surface area (Å²) < 4.78 is 11.9. The van der Waals surface area contributed by atoms with Gasteiger partial charge in [-0.1, -0.05) is 54.2 Å². The van der Waals surface area contributed by atoms with Crippen LogP contribution in [0.2, 0.25) is 0 Å². The van der Waals surface area contributed by atoms with E-state index in [0.717, 1.165) is 35.0 Å². The van der Waals surface area contributed by atoms with E-state index in [-0.39, 0.29) is 12.2 Å². The van der Waals surface area contributed by atoms with E-state index in [2.05, 4.69) is 49.9 Å². The molecule has 2 aromatic carbocycles. The Morgan fingerprint density at radius 2 is 1.72 bits per heavy atom. The van der Waals surface area contributed by atoms with Gasteiger partial charge in [-0.3, -0.25) is 0 Å². The minimum atomic E-state index is 0.183. The Morgan fingerprint density at radius 1 is 1.08 bits per heavy atom. The lowest BCUT2D eigenvalue weighted by atomic mass is 10.1.